The quantitative estimate of drug-likeness (QED) is 0.432. The first kappa shape index (κ1) is 19.7. The number of benzene rings is 3. The van der Waals surface area contributed by atoms with E-state index in [1.54, 1.807) is 48.5 Å². The summed E-state index contributed by atoms with van der Waals surface area (Å²) in [6, 6.07) is 19.3. The van der Waals surface area contributed by atoms with Crippen molar-refractivity contribution in [3.05, 3.63) is 93.3 Å². The molecule has 1 heterocycles. The number of hydrogen-bond donors (Lipinski definition) is 1. The summed E-state index contributed by atoms with van der Waals surface area (Å²) in [7, 11) is 1.51. The predicted octanol–water partition coefficient (Wildman–Crippen LogP) is 5.68. The van der Waals surface area contributed by atoms with Crippen LogP contribution in [0.2, 0.25) is 5.02 Å². The van der Waals surface area contributed by atoms with Crippen molar-refractivity contribution in [2.24, 2.45) is 0 Å². The Hall–Kier alpha value is -3.57. The fraction of sp³-hybridized carbons (Fsp3) is 0.0833. The first-order chi connectivity index (χ1) is 14.5. The molecule has 30 heavy (non-hydrogen) atoms. The van der Waals surface area contributed by atoms with Gasteiger partial charge >= 0.3 is 5.63 Å². The molecule has 1 N–H and O–H groups in total. The van der Waals surface area contributed by atoms with E-state index in [1.807, 2.05) is 25.1 Å². The summed E-state index contributed by atoms with van der Waals surface area (Å²) < 4.78 is 10.8. The summed E-state index contributed by atoms with van der Waals surface area (Å²) in [5, 5.41) is 4.16. The van der Waals surface area contributed by atoms with Crippen LogP contribution < -0.4 is 15.7 Å². The lowest BCUT2D eigenvalue weighted by Gasteiger charge is -2.13. The minimum absolute atomic E-state index is 0.335. The number of hydrogen-bond acceptors (Lipinski definition) is 4. The maximum Gasteiger partial charge on any atom is 0.344 e. The summed E-state index contributed by atoms with van der Waals surface area (Å²) in [6.45, 7) is 1.87. The van der Waals surface area contributed by atoms with Crippen LogP contribution in [-0.4, -0.2) is 13.0 Å². The molecule has 1 amide bonds. The number of amides is 1. The molecule has 0 aliphatic rings. The topological polar surface area (TPSA) is 68.5 Å². The van der Waals surface area contributed by atoms with Gasteiger partial charge < -0.3 is 14.5 Å². The summed E-state index contributed by atoms with van der Waals surface area (Å²) in [5.41, 5.74) is 2.80. The van der Waals surface area contributed by atoms with Crippen LogP contribution in [0.15, 0.2) is 75.9 Å². The highest BCUT2D eigenvalue weighted by molar-refractivity contribution is 6.31. The van der Waals surface area contributed by atoms with Crippen molar-refractivity contribution in [1.82, 2.24) is 0 Å². The lowest BCUT2D eigenvalue weighted by atomic mass is 10.0. The zero-order chi connectivity index (χ0) is 21.3. The number of carbonyl (C=O) groups is 1. The first-order valence-corrected chi connectivity index (χ1v) is 9.63. The number of carbonyl (C=O) groups excluding carboxylic acids is 1. The maximum absolute atomic E-state index is 12.7. The molecule has 5 nitrogen and oxygen atoms in total. The lowest BCUT2D eigenvalue weighted by molar-refractivity contribution is 0.102. The molecule has 0 bridgehead atoms. The molecular weight excluding hydrogens is 402 g/mol. The second-order valence-corrected chi connectivity index (χ2v) is 7.23. The summed E-state index contributed by atoms with van der Waals surface area (Å²) >= 11 is 6.14. The Morgan fingerprint density at radius 1 is 1.03 bits per heavy atom. The van der Waals surface area contributed by atoms with Gasteiger partial charge in [0.25, 0.3) is 5.91 Å². The van der Waals surface area contributed by atoms with E-state index in [0.29, 0.717) is 38.7 Å². The molecule has 4 rings (SSSR count). The van der Waals surface area contributed by atoms with Crippen LogP contribution in [0.1, 0.15) is 15.9 Å². The van der Waals surface area contributed by atoms with Gasteiger partial charge in [-0.1, -0.05) is 41.9 Å². The van der Waals surface area contributed by atoms with E-state index in [2.05, 4.69) is 5.32 Å². The third kappa shape index (κ3) is 3.80. The van der Waals surface area contributed by atoms with Crippen LogP contribution in [0.5, 0.6) is 5.75 Å². The molecule has 0 atom stereocenters. The third-order valence-electron chi connectivity index (χ3n) is 4.83. The zero-order valence-corrected chi connectivity index (χ0v) is 17.1. The number of anilines is 1. The molecule has 1 aromatic heterocycles. The van der Waals surface area contributed by atoms with Gasteiger partial charge in [0.05, 0.1) is 18.4 Å². The molecule has 0 fully saturated rings. The van der Waals surface area contributed by atoms with Gasteiger partial charge in [-0.05, 0) is 54.4 Å². The van der Waals surface area contributed by atoms with Crippen LogP contribution in [-0.2, 0) is 0 Å². The SMILES string of the molecule is COc1ccc(-c2cc3ccccc3oc2=O)cc1NC(=O)c1ccc(C)c(Cl)c1. The van der Waals surface area contributed by atoms with E-state index in [-0.39, 0.29) is 5.91 Å². The molecule has 0 saturated carbocycles. The second kappa shape index (κ2) is 8.05. The van der Waals surface area contributed by atoms with E-state index in [9.17, 15) is 9.59 Å². The Kier molecular flexibility index (Phi) is 5.29. The van der Waals surface area contributed by atoms with E-state index in [1.165, 1.54) is 7.11 Å². The van der Waals surface area contributed by atoms with Gasteiger partial charge in [0.2, 0.25) is 0 Å². The van der Waals surface area contributed by atoms with Gasteiger partial charge in [0.1, 0.15) is 11.3 Å². The highest BCUT2D eigenvalue weighted by Gasteiger charge is 2.14. The number of halogens is 1. The van der Waals surface area contributed by atoms with Crippen molar-refractivity contribution < 1.29 is 13.9 Å². The number of ether oxygens (including phenoxy) is 1. The van der Waals surface area contributed by atoms with Crippen molar-refractivity contribution in [1.29, 1.82) is 0 Å². The number of rotatable bonds is 4. The van der Waals surface area contributed by atoms with Crippen molar-refractivity contribution in [2.45, 2.75) is 6.92 Å². The third-order valence-corrected chi connectivity index (χ3v) is 5.24. The van der Waals surface area contributed by atoms with Crippen molar-refractivity contribution >= 4 is 34.2 Å². The van der Waals surface area contributed by atoms with Crippen molar-refractivity contribution in [3.63, 3.8) is 0 Å². The van der Waals surface area contributed by atoms with Crippen LogP contribution in [0.25, 0.3) is 22.1 Å². The van der Waals surface area contributed by atoms with Crippen LogP contribution in [0.3, 0.4) is 0 Å². The van der Waals surface area contributed by atoms with Gasteiger partial charge in [-0.2, -0.15) is 0 Å². The molecule has 0 saturated heterocycles. The first-order valence-electron chi connectivity index (χ1n) is 9.25. The Balaban J connectivity index is 1.74. The predicted molar refractivity (Wildman–Crippen MR) is 119 cm³/mol. The zero-order valence-electron chi connectivity index (χ0n) is 16.4. The van der Waals surface area contributed by atoms with E-state index < -0.39 is 5.63 Å². The molecule has 3 aromatic carbocycles. The van der Waals surface area contributed by atoms with Gasteiger partial charge in [0.15, 0.2) is 0 Å². The van der Waals surface area contributed by atoms with E-state index >= 15 is 0 Å². The Labute approximate surface area is 177 Å². The highest BCUT2D eigenvalue weighted by atomic mass is 35.5. The number of fused-ring (bicyclic) bond motifs is 1. The number of nitrogens with one attached hydrogen (secondary N) is 1. The molecule has 6 heteroatoms. The van der Waals surface area contributed by atoms with E-state index in [4.69, 9.17) is 20.8 Å². The smallest absolute Gasteiger partial charge is 0.344 e. The average Bonchev–Trinajstić information content (AvgIpc) is 2.75. The minimum atomic E-state index is -0.457. The molecule has 0 aliphatic heterocycles. The highest BCUT2D eigenvalue weighted by Crippen LogP contribution is 2.31. The van der Waals surface area contributed by atoms with Crippen molar-refractivity contribution in [3.8, 4) is 16.9 Å². The second-order valence-electron chi connectivity index (χ2n) is 6.82. The van der Waals surface area contributed by atoms with E-state index in [0.717, 1.165) is 10.9 Å². The van der Waals surface area contributed by atoms with Gasteiger partial charge in [-0.25, -0.2) is 4.79 Å². The van der Waals surface area contributed by atoms with Gasteiger partial charge in [-0.3, -0.25) is 4.79 Å². The molecule has 4 aromatic rings. The Morgan fingerprint density at radius 2 is 1.83 bits per heavy atom. The largest absolute Gasteiger partial charge is 0.495 e. The fourth-order valence-electron chi connectivity index (χ4n) is 3.16. The molecule has 0 aliphatic carbocycles. The summed E-state index contributed by atoms with van der Waals surface area (Å²) in [5.74, 6) is 0.133. The normalized spacial score (nSPS) is 10.8. The molecule has 0 spiro atoms. The number of para-hydroxylation sites is 1. The maximum atomic E-state index is 12.7. The van der Waals surface area contributed by atoms with Crippen LogP contribution >= 0.6 is 11.6 Å². The molecular formula is C24H18ClNO4. The standard InChI is InChI=1S/C24H18ClNO4/c1-14-7-8-17(12-19(14)25)23(27)26-20-13-15(9-10-22(20)29-2)18-11-16-5-3-4-6-21(16)30-24(18)28/h3-13H,1-2H3,(H,26,27). The molecule has 150 valence electrons. The monoisotopic (exact) mass is 419 g/mol. The fourth-order valence-corrected chi connectivity index (χ4v) is 3.35. The molecule has 0 radical (unpaired) electrons. The van der Waals surface area contributed by atoms with Gasteiger partial charge in [0, 0.05) is 16.0 Å². The minimum Gasteiger partial charge on any atom is -0.495 e. The number of methoxy groups -OCH3 is 1. The van der Waals surface area contributed by atoms with Gasteiger partial charge in [-0.15, -0.1) is 0 Å². The van der Waals surface area contributed by atoms with Crippen LogP contribution in [0, 0.1) is 6.92 Å². The Morgan fingerprint density at radius 3 is 2.60 bits per heavy atom. The Bertz CT molecular complexity index is 1330. The average molecular weight is 420 g/mol. The lowest BCUT2D eigenvalue weighted by Crippen LogP contribution is -2.13. The van der Waals surface area contributed by atoms with Crippen LogP contribution in [0.4, 0.5) is 5.69 Å². The number of aryl methyl sites for hydroxylation is 1. The summed E-state index contributed by atoms with van der Waals surface area (Å²) in [4.78, 5) is 25.2. The molecule has 0 unspecified atom stereocenters. The summed E-state index contributed by atoms with van der Waals surface area (Å²) in [6.07, 6.45) is 0. The van der Waals surface area contributed by atoms with Crippen molar-refractivity contribution in [2.75, 3.05) is 12.4 Å².